The molecule has 1 aliphatic heterocycles. The fraction of sp³-hybridized carbons (Fsp3) is 0.857. The highest BCUT2D eigenvalue weighted by Crippen LogP contribution is 2.34. The van der Waals surface area contributed by atoms with Gasteiger partial charge < -0.3 is 4.84 Å². The normalized spacial score (nSPS) is 31.7. The summed E-state index contributed by atoms with van der Waals surface area (Å²) in [6.45, 7) is 0. The van der Waals surface area contributed by atoms with Gasteiger partial charge in [0.2, 0.25) is 0 Å². The maximum Gasteiger partial charge on any atom is 0.146 e. The molecule has 0 saturated heterocycles. The van der Waals surface area contributed by atoms with Crippen LogP contribution in [0.15, 0.2) is 5.16 Å². The van der Waals surface area contributed by atoms with Crippen molar-refractivity contribution < 1.29 is 4.84 Å². The summed E-state index contributed by atoms with van der Waals surface area (Å²) in [6.07, 6.45) is 3.74. The average Bonchev–Trinajstić information content (AvgIpc) is 2.70. The minimum atomic E-state index is 0.164. The van der Waals surface area contributed by atoms with Crippen LogP contribution in [0.25, 0.3) is 0 Å². The van der Waals surface area contributed by atoms with Crippen molar-refractivity contribution in [1.29, 1.82) is 0 Å². The molecular weight excluding hydrogens is 150 g/mol. The summed E-state index contributed by atoms with van der Waals surface area (Å²) in [5.74, 6) is 1.31. The van der Waals surface area contributed by atoms with Crippen LogP contribution in [0.2, 0.25) is 0 Å². The van der Waals surface area contributed by atoms with E-state index in [1.165, 1.54) is 18.6 Å². The number of alkyl halides is 1. The van der Waals surface area contributed by atoms with E-state index in [0.717, 1.165) is 12.3 Å². The number of rotatable bonds is 2. The molecule has 56 valence electrons. The molecule has 0 radical (unpaired) electrons. The molecule has 0 amide bonds. The van der Waals surface area contributed by atoms with Crippen molar-refractivity contribution in [3.8, 4) is 0 Å². The van der Waals surface area contributed by atoms with Crippen molar-refractivity contribution in [3.05, 3.63) is 0 Å². The third kappa shape index (κ3) is 1.12. The fourth-order valence-electron chi connectivity index (χ4n) is 1.19. The SMILES string of the molecule is ClCC1CC(C2CC2)=NO1. The Hall–Kier alpha value is -0.240. The van der Waals surface area contributed by atoms with E-state index >= 15 is 0 Å². The van der Waals surface area contributed by atoms with Crippen molar-refractivity contribution in [3.63, 3.8) is 0 Å². The summed E-state index contributed by atoms with van der Waals surface area (Å²) < 4.78 is 0. The Morgan fingerprint density at radius 2 is 2.40 bits per heavy atom. The van der Waals surface area contributed by atoms with E-state index in [2.05, 4.69) is 5.16 Å². The Morgan fingerprint density at radius 3 is 2.90 bits per heavy atom. The highest BCUT2D eigenvalue weighted by atomic mass is 35.5. The molecule has 1 atom stereocenters. The lowest BCUT2D eigenvalue weighted by atomic mass is 10.1. The van der Waals surface area contributed by atoms with Gasteiger partial charge in [-0.05, 0) is 12.8 Å². The molecule has 0 bridgehead atoms. The molecule has 2 aliphatic rings. The minimum Gasteiger partial charge on any atom is -0.391 e. The van der Waals surface area contributed by atoms with Gasteiger partial charge in [-0.3, -0.25) is 0 Å². The van der Waals surface area contributed by atoms with Crippen molar-refractivity contribution >= 4 is 17.3 Å². The van der Waals surface area contributed by atoms with E-state index in [0.29, 0.717) is 5.88 Å². The standard InChI is InChI=1S/C7H10ClNO/c8-4-6-3-7(9-10-6)5-1-2-5/h5-6H,1-4H2. The Morgan fingerprint density at radius 1 is 1.60 bits per heavy atom. The van der Waals surface area contributed by atoms with Gasteiger partial charge in [0.25, 0.3) is 0 Å². The summed E-state index contributed by atoms with van der Waals surface area (Å²) in [6, 6.07) is 0. The van der Waals surface area contributed by atoms with E-state index in [1.54, 1.807) is 0 Å². The van der Waals surface area contributed by atoms with Gasteiger partial charge in [0.1, 0.15) is 6.10 Å². The molecule has 0 spiro atoms. The molecule has 0 aromatic carbocycles. The third-order valence-electron chi connectivity index (χ3n) is 1.98. The lowest BCUT2D eigenvalue weighted by Gasteiger charge is -1.99. The van der Waals surface area contributed by atoms with Crippen molar-refractivity contribution in [2.24, 2.45) is 11.1 Å². The molecule has 10 heavy (non-hydrogen) atoms. The molecule has 2 nitrogen and oxygen atoms in total. The monoisotopic (exact) mass is 159 g/mol. The van der Waals surface area contributed by atoms with Crippen molar-refractivity contribution in [2.45, 2.75) is 25.4 Å². The average molecular weight is 160 g/mol. The van der Waals surface area contributed by atoms with E-state index < -0.39 is 0 Å². The van der Waals surface area contributed by atoms with Crippen LogP contribution in [0.3, 0.4) is 0 Å². The predicted molar refractivity (Wildman–Crippen MR) is 40.4 cm³/mol. The topological polar surface area (TPSA) is 21.6 Å². The van der Waals surface area contributed by atoms with Crippen LogP contribution in [0.5, 0.6) is 0 Å². The van der Waals surface area contributed by atoms with Gasteiger partial charge in [-0.25, -0.2) is 0 Å². The van der Waals surface area contributed by atoms with Gasteiger partial charge in [0.15, 0.2) is 0 Å². The molecule has 1 heterocycles. The summed E-state index contributed by atoms with van der Waals surface area (Å²) in [7, 11) is 0. The third-order valence-corrected chi connectivity index (χ3v) is 2.32. The van der Waals surface area contributed by atoms with E-state index in [9.17, 15) is 0 Å². The van der Waals surface area contributed by atoms with Crippen LogP contribution in [0, 0.1) is 5.92 Å². The van der Waals surface area contributed by atoms with Crippen LogP contribution in [0.1, 0.15) is 19.3 Å². The summed E-state index contributed by atoms with van der Waals surface area (Å²) in [5, 5.41) is 3.98. The molecular formula is C7H10ClNO. The van der Waals surface area contributed by atoms with E-state index in [4.69, 9.17) is 16.4 Å². The summed E-state index contributed by atoms with van der Waals surface area (Å²) in [4.78, 5) is 5.07. The smallest absolute Gasteiger partial charge is 0.146 e. The first kappa shape index (κ1) is 6.47. The largest absolute Gasteiger partial charge is 0.391 e. The minimum absolute atomic E-state index is 0.164. The van der Waals surface area contributed by atoms with Gasteiger partial charge in [0.05, 0.1) is 11.6 Å². The highest BCUT2D eigenvalue weighted by Gasteiger charge is 2.33. The first-order chi connectivity index (χ1) is 4.90. The zero-order chi connectivity index (χ0) is 6.97. The first-order valence-electron chi connectivity index (χ1n) is 3.68. The number of nitrogens with zero attached hydrogens (tertiary/aromatic N) is 1. The molecule has 3 heteroatoms. The summed E-state index contributed by atoms with van der Waals surface area (Å²) >= 11 is 5.60. The number of halogens is 1. The van der Waals surface area contributed by atoms with E-state index in [-0.39, 0.29) is 6.10 Å². The Kier molecular flexibility index (Phi) is 1.57. The fourth-order valence-corrected chi connectivity index (χ4v) is 1.36. The second-order valence-electron chi connectivity index (χ2n) is 2.94. The Labute approximate surface area is 65.2 Å². The molecule has 1 unspecified atom stereocenters. The zero-order valence-electron chi connectivity index (χ0n) is 5.72. The van der Waals surface area contributed by atoms with Gasteiger partial charge in [-0.2, -0.15) is 0 Å². The lowest BCUT2D eigenvalue weighted by molar-refractivity contribution is 0.102. The molecule has 1 saturated carbocycles. The van der Waals surface area contributed by atoms with E-state index in [1.807, 2.05) is 0 Å². The van der Waals surface area contributed by atoms with Crippen LogP contribution >= 0.6 is 11.6 Å². The van der Waals surface area contributed by atoms with Gasteiger partial charge >= 0.3 is 0 Å². The number of oxime groups is 1. The number of hydrogen-bond donors (Lipinski definition) is 0. The molecule has 0 aromatic rings. The summed E-state index contributed by atoms with van der Waals surface area (Å²) in [5.41, 5.74) is 1.24. The van der Waals surface area contributed by atoms with Crippen molar-refractivity contribution in [1.82, 2.24) is 0 Å². The second-order valence-corrected chi connectivity index (χ2v) is 3.25. The molecule has 1 fully saturated rings. The molecule has 1 aliphatic carbocycles. The van der Waals surface area contributed by atoms with Crippen molar-refractivity contribution in [2.75, 3.05) is 5.88 Å². The maximum atomic E-state index is 5.60. The lowest BCUT2D eigenvalue weighted by Crippen LogP contribution is -2.09. The molecule has 0 aromatic heterocycles. The first-order valence-corrected chi connectivity index (χ1v) is 4.22. The van der Waals surface area contributed by atoms with Crippen LogP contribution in [-0.2, 0) is 4.84 Å². The van der Waals surface area contributed by atoms with Gasteiger partial charge in [-0.15, -0.1) is 11.6 Å². The van der Waals surface area contributed by atoms with Gasteiger partial charge in [-0.1, -0.05) is 5.16 Å². The maximum absolute atomic E-state index is 5.60. The molecule has 2 rings (SSSR count). The van der Waals surface area contributed by atoms with Crippen LogP contribution in [-0.4, -0.2) is 17.7 Å². The zero-order valence-corrected chi connectivity index (χ0v) is 6.47. The molecule has 0 N–H and O–H groups in total. The highest BCUT2D eigenvalue weighted by molar-refractivity contribution is 6.18. The predicted octanol–water partition coefficient (Wildman–Crippen LogP) is 1.78. The Balaban J connectivity index is 1.89. The number of hydrogen-bond acceptors (Lipinski definition) is 2. The van der Waals surface area contributed by atoms with Gasteiger partial charge in [0, 0.05) is 12.3 Å². The van der Waals surface area contributed by atoms with Crippen LogP contribution in [0.4, 0.5) is 0 Å². The second kappa shape index (κ2) is 2.42. The van der Waals surface area contributed by atoms with Crippen LogP contribution < -0.4 is 0 Å². The quantitative estimate of drug-likeness (QED) is 0.563. The Bertz CT molecular complexity index is 165.